The summed E-state index contributed by atoms with van der Waals surface area (Å²) in [5.41, 5.74) is 1.91. The number of amides is 1. The Morgan fingerprint density at radius 2 is 1.67 bits per heavy atom. The first-order valence-corrected chi connectivity index (χ1v) is 10.6. The van der Waals surface area contributed by atoms with Gasteiger partial charge in [0.15, 0.2) is 12.7 Å². The summed E-state index contributed by atoms with van der Waals surface area (Å²) in [7, 11) is 0. The summed E-state index contributed by atoms with van der Waals surface area (Å²) >= 11 is 0. The average Bonchev–Trinajstić information content (AvgIpc) is 2.75. The number of rotatable bonds is 8. The van der Waals surface area contributed by atoms with E-state index in [9.17, 15) is 9.59 Å². The minimum Gasteiger partial charge on any atom is -0.482 e. The van der Waals surface area contributed by atoms with Gasteiger partial charge in [-0.05, 0) is 62.1 Å². The summed E-state index contributed by atoms with van der Waals surface area (Å²) in [5.74, 6) is 0.186. The zero-order valence-corrected chi connectivity index (χ0v) is 17.6. The largest absolute Gasteiger partial charge is 0.482 e. The van der Waals surface area contributed by atoms with Gasteiger partial charge in [-0.2, -0.15) is 0 Å². The second-order valence-corrected chi connectivity index (χ2v) is 7.81. The number of anilines is 2. The quantitative estimate of drug-likeness (QED) is 0.630. The van der Waals surface area contributed by atoms with Crippen LogP contribution in [0.5, 0.6) is 5.75 Å². The fourth-order valence-electron chi connectivity index (χ4n) is 3.58. The van der Waals surface area contributed by atoms with Gasteiger partial charge >= 0.3 is 5.97 Å². The van der Waals surface area contributed by atoms with Crippen LogP contribution in [0, 0.1) is 5.92 Å². The molecule has 0 aliphatic heterocycles. The molecule has 2 aromatic carbocycles. The molecule has 0 bridgehead atoms. The van der Waals surface area contributed by atoms with Crippen LogP contribution in [-0.4, -0.2) is 30.6 Å². The summed E-state index contributed by atoms with van der Waals surface area (Å²) < 4.78 is 10.7. The van der Waals surface area contributed by atoms with Crippen LogP contribution in [0.1, 0.15) is 39.5 Å². The third-order valence-electron chi connectivity index (χ3n) is 5.39. The van der Waals surface area contributed by atoms with Crippen molar-refractivity contribution in [2.24, 2.45) is 5.92 Å². The molecule has 160 valence electrons. The number of esters is 1. The van der Waals surface area contributed by atoms with Crippen molar-refractivity contribution in [3.05, 3.63) is 54.6 Å². The van der Waals surface area contributed by atoms with Crippen LogP contribution in [-0.2, 0) is 14.3 Å². The Labute approximate surface area is 178 Å². The average molecular weight is 411 g/mol. The van der Waals surface area contributed by atoms with Gasteiger partial charge in [0.05, 0.1) is 0 Å². The third-order valence-corrected chi connectivity index (χ3v) is 5.39. The predicted octanol–water partition coefficient (Wildman–Crippen LogP) is 4.44. The Bertz CT molecular complexity index is 823. The van der Waals surface area contributed by atoms with E-state index in [4.69, 9.17) is 9.47 Å². The highest BCUT2D eigenvalue weighted by molar-refractivity contribution is 5.84. The first-order valence-electron chi connectivity index (χ1n) is 10.6. The number of hydrogen-bond donors (Lipinski definition) is 2. The first-order chi connectivity index (χ1) is 14.5. The van der Waals surface area contributed by atoms with Crippen molar-refractivity contribution in [2.45, 2.75) is 51.7 Å². The molecule has 1 fully saturated rings. The number of ether oxygens (including phenoxy) is 2. The first kappa shape index (κ1) is 21.7. The maximum atomic E-state index is 12.3. The molecule has 0 spiro atoms. The van der Waals surface area contributed by atoms with Gasteiger partial charge in [-0.1, -0.05) is 38.0 Å². The molecule has 1 aliphatic carbocycles. The van der Waals surface area contributed by atoms with Gasteiger partial charge in [0.25, 0.3) is 5.91 Å². The molecule has 3 rings (SSSR count). The van der Waals surface area contributed by atoms with Gasteiger partial charge in [-0.25, -0.2) is 4.79 Å². The van der Waals surface area contributed by atoms with E-state index in [1.54, 1.807) is 19.1 Å². The van der Waals surface area contributed by atoms with E-state index in [-0.39, 0.29) is 18.6 Å². The Hall–Kier alpha value is -3.02. The standard InChI is InChI=1S/C24H30N2O4/c1-17-8-6-7-11-22(17)26-24(28)18(2)30-23(27)16-29-21-14-12-20(13-15-21)25-19-9-4-3-5-10-19/h3-5,9-10,12-15,17-18,22,25H,6-8,11,16H2,1-2H3,(H,26,28)/t17-,18-,22-/m0/s1. The predicted molar refractivity (Wildman–Crippen MR) is 117 cm³/mol. The lowest BCUT2D eigenvalue weighted by Gasteiger charge is -2.30. The molecule has 6 nitrogen and oxygen atoms in total. The summed E-state index contributed by atoms with van der Waals surface area (Å²) in [6.45, 7) is 3.49. The molecule has 30 heavy (non-hydrogen) atoms. The van der Waals surface area contributed by atoms with Crippen LogP contribution in [0.15, 0.2) is 54.6 Å². The van der Waals surface area contributed by atoms with Crippen LogP contribution in [0.3, 0.4) is 0 Å². The van der Waals surface area contributed by atoms with Gasteiger partial charge < -0.3 is 20.1 Å². The monoisotopic (exact) mass is 410 g/mol. The molecule has 1 saturated carbocycles. The molecule has 0 saturated heterocycles. The maximum absolute atomic E-state index is 12.3. The van der Waals surface area contributed by atoms with E-state index in [0.29, 0.717) is 11.7 Å². The van der Waals surface area contributed by atoms with Crippen LogP contribution >= 0.6 is 0 Å². The molecule has 1 amide bonds. The lowest BCUT2D eigenvalue weighted by Crippen LogP contribution is -2.46. The zero-order chi connectivity index (χ0) is 21.3. The Morgan fingerprint density at radius 1 is 1.00 bits per heavy atom. The zero-order valence-electron chi connectivity index (χ0n) is 17.6. The Kier molecular flexibility index (Phi) is 7.71. The Balaban J connectivity index is 1.40. The van der Waals surface area contributed by atoms with E-state index in [1.807, 2.05) is 42.5 Å². The normalized spacial score (nSPS) is 19.4. The second-order valence-electron chi connectivity index (χ2n) is 7.81. The number of hydrogen-bond acceptors (Lipinski definition) is 5. The number of para-hydroxylation sites is 1. The molecule has 0 heterocycles. The molecule has 0 aromatic heterocycles. The second kappa shape index (κ2) is 10.7. The van der Waals surface area contributed by atoms with Crippen LogP contribution in [0.4, 0.5) is 11.4 Å². The molecule has 6 heteroatoms. The Morgan fingerprint density at radius 3 is 2.37 bits per heavy atom. The molecular formula is C24H30N2O4. The number of carbonyl (C=O) groups is 2. The van der Waals surface area contributed by atoms with Gasteiger partial charge in [0.2, 0.25) is 0 Å². The number of nitrogens with one attached hydrogen (secondary N) is 2. The van der Waals surface area contributed by atoms with Gasteiger partial charge in [0.1, 0.15) is 5.75 Å². The molecule has 2 aromatic rings. The van der Waals surface area contributed by atoms with E-state index in [0.717, 1.165) is 30.6 Å². The lowest BCUT2D eigenvalue weighted by molar-refractivity contribution is -0.157. The molecule has 2 N–H and O–H groups in total. The van der Waals surface area contributed by atoms with Crippen molar-refractivity contribution in [1.82, 2.24) is 5.32 Å². The van der Waals surface area contributed by atoms with Crippen molar-refractivity contribution in [3.8, 4) is 5.75 Å². The highest BCUT2D eigenvalue weighted by Crippen LogP contribution is 2.24. The third kappa shape index (κ3) is 6.51. The van der Waals surface area contributed by atoms with Crippen LogP contribution in [0.2, 0.25) is 0 Å². The molecule has 0 radical (unpaired) electrons. The van der Waals surface area contributed by atoms with E-state index >= 15 is 0 Å². The minimum atomic E-state index is -0.840. The van der Waals surface area contributed by atoms with Crippen LogP contribution < -0.4 is 15.4 Å². The van der Waals surface area contributed by atoms with Gasteiger partial charge in [-0.15, -0.1) is 0 Å². The smallest absolute Gasteiger partial charge is 0.344 e. The maximum Gasteiger partial charge on any atom is 0.344 e. The molecule has 0 unspecified atom stereocenters. The fourth-order valence-corrected chi connectivity index (χ4v) is 3.58. The number of benzene rings is 2. The summed E-state index contributed by atoms with van der Waals surface area (Å²) in [5, 5.41) is 6.29. The lowest BCUT2D eigenvalue weighted by atomic mass is 9.86. The molecule has 3 atom stereocenters. The number of carbonyl (C=O) groups excluding carboxylic acids is 2. The van der Waals surface area contributed by atoms with Crippen molar-refractivity contribution in [1.29, 1.82) is 0 Å². The van der Waals surface area contributed by atoms with Crippen molar-refractivity contribution >= 4 is 23.3 Å². The SMILES string of the molecule is C[C@H](OC(=O)COc1ccc(Nc2ccccc2)cc1)C(=O)N[C@H]1CCCC[C@@H]1C. The molecule has 1 aliphatic rings. The van der Waals surface area contributed by atoms with E-state index < -0.39 is 12.1 Å². The van der Waals surface area contributed by atoms with Crippen LogP contribution in [0.25, 0.3) is 0 Å². The topological polar surface area (TPSA) is 76.7 Å². The van der Waals surface area contributed by atoms with Crippen molar-refractivity contribution in [2.75, 3.05) is 11.9 Å². The highest BCUT2D eigenvalue weighted by atomic mass is 16.6. The highest BCUT2D eigenvalue weighted by Gasteiger charge is 2.26. The molecular weight excluding hydrogens is 380 g/mol. The summed E-state index contributed by atoms with van der Waals surface area (Å²) in [6.07, 6.45) is 3.58. The van der Waals surface area contributed by atoms with Gasteiger partial charge in [-0.3, -0.25) is 4.79 Å². The van der Waals surface area contributed by atoms with Gasteiger partial charge in [0, 0.05) is 17.4 Å². The van der Waals surface area contributed by atoms with E-state index in [1.165, 1.54) is 6.42 Å². The van der Waals surface area contributed by atoms with E-state index in [2.05, 4.69) is 17.6 Å². The minimum absolute atomic E-state index is 0.159. The summed E-state index contributed by atoms with van der Waals surface area (Å²) in [4.78, 5) is 24.4. The van der Waals surface area contributed by atoms with Crippen molar-refractivity contribution in [3.63, 3.8) is 0 Å². The fraction of sp³-hybridized carbons (Fsp3) is 0.417. The van der Waals surface area contributed by atoms with Crippen molar-refractivity contribution < 1.29 is 19.1 Å². The summed E-state index contributed by atoms with van der Waals surface area (Å²) in [6, 6.07) is 17.3.